The second-order valence-electron chi connectivity index (χ2n) is 11.4. The predicted octanol–water partition coefficient (Wildman–Crippen LogP) is 12.4. The molecular weight excluding hydrogens is 436 g/mol. The van der Waals surface area contributed by atoms with Crippen molar-refractivity contribution >= 4 is 0 Å². The lowest BCUT2D eigenvalue weighted by Crippen LogP contribution is -1.95. The minimum Gasteiger partial charge on any atom is -0.385 e. The molecule has 0 bridgehead atoms. The first-order valence-corrected chi connectivity index (χ1v) is 16.8. The molecule has 0 aromatic rings. The van der Waals surface area contributed by atoms with Gasteiger partial charge < -0.3 is 5.11 Å². The number of aliphatic hydroxyl groups is 1. The summed E-state index contributed by atoms with van der Waals surface area (Å²) in [6, 6.07) is 0. The van der Waals surface area contributed by atoms with Crippen LogP contribution in [0, 0.1) is 0 Å². The molecule has 1 N–H and O–H groups in total. The summed E-state index contributed by atoms with van der Waals surface area (Å²) < 4.78 is 0. The largest absolute Gasteiger partial charge is 0.385 e. The van der Waals surface area contributed by atoms with Crippen molar-refractivity contribution in [2.75, 3.05) is 0 Å². The van der Waals surface area contributed by atoms with Crippen LogP contribution >= 0.6 is 0 Å². The average molecular weight is 505 g/mol. The van der Waals surface area contributed by atoms with Crippen LogP contribution in [0.25, 0.3) is 0 Å². The van der Waals surface area contributed by atoms with Crippen LogP contribution in [-0.4, -0.2) is 11.2 Å². The number of hydrogen-bond acceptors (Lipinski definition) is 1. The van der Waals surface area contributed by atoms with Gasteiger partial charge in [-0.3, -0.25) is 0 Å². The van der Waals surface area contributed by atoms with Gasteiger partial charge in [-0.15, -0.1) is 0 Å². The summed E-state index contributed by atoms with van der Waals surface area (Å²) in [5, 5.41) is 10.1. The molecule has 0 aromatic heterocycles. The lowest BCUT2D eigenvalue weighted by Gasteiger charge is -2.03. The summed E-state index contributed by atoms with van der Waals surface area (Å²) in [4.78, 5) is 0. The highest BCUT2D eigenvalue weighted by atomic mass is 16.3. The zero-order valence-corrected chi connectivity index (χ0v) is 25.1. The van der Waals surface area contributed by atoms with Crippen molar-refractivity contribution in [3.8, 4) is 0 Å². The van der Waals surface area contributed by atoms with E-state index in [1.807, 2.05) is 12.2 Å². The van der Waals surface area contributed by atoms with Crippen LogP contribution in [0.5, 0.6) is 0 Å². The Labute approximate surface area is 229 Å². The molecule has 1 heteroatoms. The lowest BCUT2D eigenvalue weighted by molar-refractivity contribution is 0.271. The zero-order valence-electron chi connectivity index (χ0n) is 25.1. The standard InChI is InChI=1S/C35H68O/c1-3-5-7-9-11-13-15-17-19-21-23-25-27-29-31-33-35(36)34-32-30-28-26-24-22-20-18-16-14-12-10-8-6-4-2/h31-36H,3-30H2,1-2H3. The lowest BCUT2D eigenvalue weighted by atomic mass is 10.0. The zero-order chi connectivity index (χ0) is 26.2. The van der Waals surface area contributed by atoms with Crippen molar-refractivity contribution in [2.24, 2.45) is 0 Å². The Bertz CT molecular complexity index is 398. The van der Waals surface area contributed by atoms with E-state index >= 15 is 0 Å². The molecule has 0 unspecified atom stereocenters. The monoisotopic (exact) mass is 505 g/mol. The average Bonchev–Trinajstić information content (AvgIpc) is 2.88. The summed E-state index contributed by atoms with van der Waals surface area (Å²) in [5.41, 5.74) is 0. The molecule has 0 rings (SSSR count). The Balaban J connectivity index is 3.28. The van der Waals surface area contributed by atoms with Crippen molar-refractivity contribution in [1.29, 1.82) is 0 Å². The Morgan fingerprint density at radius 2 is 0.583 bits per heavy atom. The molecule has 0 heterocycles. The predicted molar refractivity (Wildman–Crippen MR) is 165 cm³/mol. The first-order valence-electron chi connectivity index (χ1n) is 16.8. The Kier molecular flexibility index (Phi) is 32.0. The van der Waals surface area contributed by atoms with Gasteiger partial charge in [-0.1, -0.05) is 192 Å². The molecule has 0 saturated heterocycles. The first kappa shape index (κ1) is 35.4. The molecule has 0 atom stereocenters. The number of hydrogen-bond donors (Lipinski definition) is 1. The van der Waals surface area contributed by atoms with E-state index in [-0.39, 0.29) is 0 Å². The van der Waals surface area contributed by atoms with Crippen molar-refractivity contribution in [3.63, 3.8) is 0 Å². The van der Waals surface area contributed by atoms with Crippen LogP contribution in [0.4, 0.5) is 0 Å². The normalized spacial score (nSPS) is 12.9. The molecule has 36 heavy (non-hydrogen) atoms. The Morgan fingerprint density at radius 1 is 0.361 bits per heavy atom. The Hall–Kier alpha value is -0.560. The van der Waals surface area contributed by atoms with Gasteiger partial charge >= 0.3 is 0 Å². The molecule has 0 aliphatic carbocycles. The minimum absolute atomic E-state index is 0.394. The van der Waals surface area contributed by atoms with E-state index in [1.165, 1.54) is 167 Å². The number of unbranched alkanes of at least 4 members (excludes halogenated alkanes) is 26. The molecule has 1 nitrogen and oxygen atoms in total. The third-order valence-electron chi connectivity index (χ3n) is 7.62. The third-order valence-corrected chi connectivity index (χ3v) is 7.62. The van der Waals surface area contributed by atoms with E-state index in [9.17, 15) is 5.11 Å². The van der Waals surface area contributed by atoms with Crippen LogP contribution in [0.15, 0.2) is 24.3 Å². The van der Waals surface area contributed by atoms with E-state index in [2.05, 4.69) is 26.0 Å². The van der Waals surface area contributed by atoms with Crippen molar-refractivity contribution in [2.45, 2.75) is 200 Å². The SMILES string of the molecule is CCCCCCCCCCCCCCCC=CC(O)C=CCCCCCCCCCCCCCCC. The van der Waals surface area contributed by atoms with Gasteiger partial charge in [-0.05, 0) is 25.7 Å². The summed E-state index contributed by atoms with van der Waals surface area (Å²) in [5.74, 6) is 0. The van der Waals surface area contributed by atoms with Crippen LogP contribution < -0.4 is 0 Å². The highest BCUT2D eigenvalue weighted by molar-refractivity contribution is 5.01. The van der Waals surface area contributed by atoms with E-state index in [0.29, 0.717) is 0 Å². The number of rotatable bonds is 30. The first-order chi connectivity index (χ1) is 17.8. The van der Waals surface area contributed by atoms with Gasteiger partial charge in [-0.25, -0.2) is 0 Å². The van der Waals surface area contributed by atoms with Crippen LogP contribution in [-0.2, 0) is 0 Å². The van der Waals surface area contributed by atoms with E-state index in [1.54, 1.807) is 0 Å². The van der Waals surface area contributed by atoms with Gasteiger partial charge in [0.05, 0.1) is 6.10 Å². The molecule has 214 valence electrons. The summed E-state index contributed by atoms with van der Waals surface area (Å²) in [6.45, 7) is 4.58. The maximum absolute atomic E-state index is 10.1. The number of aliphatic hydroxyl groups excluding tert-OH is 1. The van der Waals surface area contributed by atoms with Crippen molar-refractivity contribution < 1.29 is 5.11 Å². The van der Waals surface area contributed by atoms with Crippen molar-refractivity contribution in [3.05, 3.63) is 24.3 Å². The Morgan fingerprint density at radius 3 is 0.833 bits per heavy atom. The summed E-state index contributed by atoms with van der Waals surface area (Å²) in [7, 11) is 0. The van der Waals surface area contributed by atoms with Gasteiger partial charge in [0.1, 0.15) is 0 Å². The molecule has 0 radical (unpaired) electrons. The van der Waals surface area contributed by atoms with E-state index < -0.39 is 6.10 Å². The highest BCUT2D eigenvalue weighted by Crippen LogP contribution is 2.14. The molecule has 0 amide bonds. The minimum atomic E-state index is -0.394. The summed E-state index contributed by atoms with van der Waals surface area (Å²) >= 11 is 0. The fourth-order valence-corrected chi connectivity index (χ4v) is 5.10. The van der Waals surface area contributed by atoms with Crippen LogP contribution in [0.1, 0.15) is 194 Å². The van der Waals surface area contributed by atoms with Gasteiger partial charge in [-0.2, -0.15) is 0 Å². The second-order valence-corrected chi connectivity index (χ2v) is 11.4. The maximum atomic E-state index is 10.1. The van der Waals surface area contributed by atoms with E-state index in [0.717, 1.165) is 12.8 Å². The van der Waals surface area contributed by atoms with Crippen LogP contribution in [0.2, 0.25) is 0 Å². The molecule has 0 aliphatic rings. The molecule has 0 saturated carbocycles. The second kappa shape index (κ2) is 32.5. The number of allylic oxidation sites excluding steroid dienone is 2. The molecular formula is C35H68O. The molecule has 0 fully saturated rings. The third kappa shape index (κ3) is 31.5. The van der Waals surface area contributed by atoms with Gasteiger partial charge in [0.25, 0.3) is 0 Å². The fraction of sp³-hybridized carbons (Fsp3) is 0.886. The highest BCUT2D eigenvalue weighted by Gasteiger charge is 1.96. The van der Waals surface area contributed by atoms with Crippen molar-refractivity contribution in [1.82, 2.24) is 0 Å². The fourth-order valence-electron chi connectivity index (χ4n) is 5.10. The van der Waals surface area contributed by atoms with Gasteiger partial charge in [0, 0.05) is 0 Å². The smallest absolute Gasteiger partial charge is 0.0902 e. The summed E-state index contributed by atoms with van der Waals surface area (Å²) in [6.07, 6.45) is 46.7. The molecule has 0 spiro atoms. The van der Waals surface area contributed by atoms with E-state index in [4.69, 9.17) is 0 Å². The quantitative estimate of drug-likeness (QED) is 0.0761. The molecule has 0 aliphatic heterocycles. The van der Waals surface area contributed by atoms with Gasteiger partial charge in [0.15, 0.2) is 0 Å². The van der Waals surface area contributed by atoms with Crippen LogP contribution in [0.3, 0.4) is 0 Å². The van der Waals surface area contributed by atoms with Gasteiger partial charge in [0.2, 0.25) is 0 Å². The topological polar surface area (TPSA) is 20.2 Å². The molecule has 0 aromatic carbocycles. The maximum Gasteiger partial charge on any atom is 0.0902 e.